The zero-order valence-corrected chi connectivity index (χ0v) is 12.1. The van der Waals surface area contributed by atoms with E-state index in [-0.39, 0.29) is 6.04 Å². The molecule has 2 aromatic carbocycles. The van der Waals surface area contributed by atoms with E-state index in [0.717, 1.165) is 34.1 Å². The van der Waals surface area contributed by atoms with E-state index in [4.69, 9.17) is 17.3 Å². The highest BCUT2D eigenvalue weighted by molar-refractivity contribution is 6.31. The molecule has 102 valence electrons. The molecule has 1 aliphatic rings. The van der Waals surface area contributed by atoms with E-state index in [1.54, 1.807) is 0 Å². The summed E-state index contributed by atoms with van der Waals surface area (Å²) < 4.78 is 0. The van der Waals surface area contributed by atoms with Gasteiger partial charge in [0.15, 0.2) is 0 Å². The predicted octanol–water partition coefficient (Wildman–Crippen LogP) is 4.05. The molecule has 2 nitrogen and oxygen atoms in total. The summed E-state index contributed by atoms with van der Waals surface area (Å²) in [4.78, 5) is 2.24. The average Bonchev–Trinajstić information content (AvgIpc) is 2.47. The smallest absolute Gasteiger partial charge is 0.0500 e. The van der Waals surface area contributed by atoms with E-state index in [1.807, 2.05) is 37.3 Å². The molecule has 20 heavy (non-hydrogen) atoms. The van der Waals surface area contributed by atoms with Gasteiger partial charge in [-0.3, -0.25) is 0 Å². The Hall–Kier alpha value is -1.77. The fourth-order valence-corrected chi connectivity index (χ4v) is 2.83. The van der Waals surface area contributed by atoms with Gasteiger partial charge in [0, 0.05) is 29.0 Å². The van der Waals surface area contributed by atoms with Crippen molar-refractivity contribution in [3.05, 3.63) is 70.4 Å². The second-order valence-corrected chi connectivity index (χ2v) is 5.49. The van der Waals surface area contributed by atoms with Crippen molar-refractivity contribution in [2.75, 3.05) is 4.90 Å². The highest BCUT2D eigenvalue weighted by Gasteiger charge is 2.23. The topological polar surface area (TPSA) is 29.3 Å². The largest absolute Gasteiger partial charge is 0.339 e. The van der Waals surface area contributed by atoms with Gasteiger partial charge in [0.05, 0.1) is 0 Å². The number of hydrogen-bond acceptors (Lipinski definition) is 2. The number of fused-ring (bicyclic) bond motifs is 1. The zero-order valence-electron chi connectivity index (χ0n) is 11.4. The van der Waals surface area contributed by atoms with Gasteiger partial charge in [0.25, 0.3) is 0 Å². The molecule has 0 saturated carbocycles. The third-order valence-electron chi connectivity index (χ3n) is 3.62. The first-order valence-corrected chi connectivity index (χ1v) is 7.12. The number of rotatable bonds is 2. The molecule has 1 aliphatic heterocycles. The van der Waals surface area contributed by atoms with Crippen LogP contribution in [0.4, 0.5) is 5.69 Å². The maximum Gasteiger partial charge on any atom is 0.0500 e. The van der Waals surface area contributed by atoms with Crippen LogP contribution in [0.15, 0.2) is 54.2 Å². The fourth-order valence-electron chi connectivity index (χ4n) is 2.59. The SMILES string of the molecule is C[C@H](N)C1=Cc2cccc(Cl)c2CN1c1ccccc1. The van der Waals surface area contributed by atoms with Gasteiger partial charge < -0.3 is 10.6 Å². The van der Waals surface area contributed by atoms with Gasteiger partial charge in [-0.25, -0.2) is 0 Å². The monoisotopic (exact) mass is 284 g/mol. The maximum absolute atomic E-state index is 6.34. The first-order valence-electron chi connectivity index (χ1n) is 6.74. The van der Waals surface area contributed by atoms with E-state index < -0.39 is 0 Å². The van der Waals surface area contributed by atoms with Crippen LogP contribution in [0.2, 0.25) is 5.02 Å². The molecular weight excluding hydrogens is 268 g/mol. The Labute approximate surface area is 124 Å². The maximum atomic E-state index is 6.34. The van der Waals surface area contributed by atoms with Gasteiger partial charge >= 0.3 is 0 Å². The Morgan fingerprint density at radius 3 is 2.55 bits per heavy atom. The number of halogens is 1. The standard InChI is InChI=1S/C17H17ClN2/c1-12(19)17-10-13-6-5-9-16(18)15(13)11-20(17)14-7-3-2-4-8-14/h2-10,12H,11,19H2,1H3/t12-/m0/s1. The van der Waals surface area contributed by atoms with Gasteiger partial charge in [0.1, 0.15) is 0 Å². The van der Waals surface area contributed by atoms with Crippen LogP contribution in [0.25, 0.3) is 6.08 Å². The van der Waals surface area contributed by atoms with Gasteiger partial charge in [-0.1, -0.05) is 41.9 Å². The Balaban J connectivity index is 2.11. The van der Waals surface area contributed by atoms with Crippen molar-refractivity contribution in [1.29, 1.82) is 0 Å². The van der Waals surface area contributed by atoms with Crippen molar-refractivity contribution >= 4 is 23.4 Å². The summed E-state index contributed by atoms with van der Waals surface area (Å²) in [5.41, 5.74) is 10.7. The Morgan fingerprint density at radius 2 is 1.85 bits per heavy atom. The number of benzene rings is 2. The van der Waals surface area contributed by atoms with Crippen LogP contribution in [-0.4, -0.2) is 6.04 Å². The lowest BCUT2D eigenvalue weighted by molar-refractivity contribution is 0.768. The first kappa shape index (κ1) is 13.2. The van der Waals surface area contributed by atoms with Gasteiger partial charge in [-0.2, -0.15) is 0 Å². The van der Waals surface area contributed by atoms with Gasteiger partial charge in [0.2, 0.25) is 0 Å². The number of nitrogens with two attached hydrogens (primary N) is 1. The average molecular weight is 285 g/mol. The van der Waals surface area contributed by atoms with E-state index in [9.17, 15) is 0 Å². The highest BCUT2D eigenvalue weighted by Crippen LogP contribution is 2.33. The summed E-state index contributed by atoms with van der Waals surface area (Å²) >= 11 is 6.34. The minimum absolute atomic E-state index is 0.0256. The van der Waals surface area contributed by atoms with Crippen molar-refractivity contribution < 1.29 is 0 Å². The molecule has 0 spiro atoms. The molecule has 0 unspecified atom stereocenters. The Bertz CT molecular complexity index is 647. The molecule has 0 aliphatic carbocycles. The quantitative estimate of drug-likeness (QED) is 0.901. The molecule has 3 rings (SSSR count). The number of anilines is 1. The molecule has 1 atom stereocenters. The second-order valence-electron chi connectivity index (χ2n) is 5.09. The Morgan fingerprint density at radius 1 is 1.10 bits per heavy atom. The molecule has 3 heteroatoms. The van der Waals surface area contributed by atoms with Crippen molar-refractivity contribution in [3.8, 4) is 0 Å². The molecule has 2 aromatic rings. The number of para-hydroxylation sites is 1. The van der Waals surface area contributed by atoms with E-state index in [0.29, 0.717) is 0 Å². The molecule has 0 saturated heterocycles. The van der Waals surface area contributed by atoms with Crippen LogP contribution in [0, 0.1) is 0 Å². The molecule has 1 heterocycles. The summed E-state index contributed by atoms with van der Waals surface area (Å²) in [6.07, 6.45) is 2.14. The van der Waals surface area contributed by atoms with Crippen molar-refractivity contribution in [2.24, 2.45) is 5.73 Å². The van der Waals surface area contributed by atoms with E-state index >= 15 is 0 Å². The molecule has 0 amide bonds. The summed E-state index contributed by atoms with van der Waals surface area (Å²) in [6, 6.07) is 16.3. The summed E-state index contributed by atoms with van der Waals surface area (Å²) in [5.74, 6) is 0. The van der Waals surface area contributed by atoms with Crippen LogP contribution < -0.4 is 10.6 Å². The van der Waals surface area contributed by atoms with Crippen LogP contribution >= 0.6 is 11.6 Å². The van der Waals surface area contributed by atoms with Crippen molar-refractivity contribution in [1.82, 2.24) is 0 Å². The lowest BCUT2D eigenvalue weighted by Crippen LogP contribution is -2.35. The molecule has 0 fully saturated rings. The third kappa shape index (κ3) is 2.33. The van der Waals surface area contributed by atoms with Crippen LogP contribution in [-0.2, 0) is 6.54 Å². The van der Waals surface area contributed by atoms with E-state index in [2.05, 4.69) is 29.2 Å². The molecular formula is C17H17ClN2. The normalized spacial score (nSPS) is 15.6. The summed E-state index contributed by atoms with van der Waals surface area (Å²) in [6.45, 7) is 2.77. The van der Waals surface area contributed by atoms with Crippen molar-refractivity contribution in [3.63, 3.8) is 0 Å². The summed E-state index contributed by atoms with van der Waals surface area (Å²) in [7, 11) is 0. The van der Waals surface area contributed by atoms with Crippen LogP contribution in [0.3, 0.4) is 0 Å². The van der Waals surface area contributed by atoms with Gasteiger partial charge in [-0.05, 0) is 42.3 Å². The highest BCUT2D eigenvalue weighted by atomic mass is 35.5. The van der Waals surface area contributed by atoms with Crippen LogP contribution in [0.1, 0.15) is 18.1 Å². The summed E-state index contributed by atoms with van der Waals surface area (Å²) in [5, 5.41) is 0.809. The minimum atomic E-state index is -0.0256. The third-order valence-corrected chi connectivity index (χ3v) is 3.97. The number of nitrogens with zero attached hydrogens (tertiary/aromatic N) is 1. The molecule has 2 N–H and O–H groups in total. The molecule has 0 aromatic heterocycles. The van der Waals surface area contributed by atoms with Gasteiger partial charge in [-0.15, -0.1) is 0 Å². The molecule has 0 radical (unpaired) electrons. The molecule has 0 bridgehead atoms. The fraction of sp³-hybridized carbons (Fsp3) is 0.176. The minimum Gasteiger partial charge on any atom is -0.339 e. The second kappa shape index (κ2) is 5.31. The van der Waals surface area contributed by atoms with Crippen molar-refractivity contribution in [2.45, 2.75) is 19.5 Å². The first-order chi connectivity index (χ1) is 9.66. The Kier molecular flexibility index (Phi) is 3.51. The lowest BCUT2D eigenvalue weighted by atomic mass is 9.98. The zero-order chi connectivity index (χ0) is 14.1. The van der Waals surface area contributed by atoms with E-state index in [1.165, 1.54) is 0 Å². The lowest BCUT2D eigenvalue weighted by Gasteiger charge is -2.34. The van der Waals surface area contributed by atoms with Crippen LogP contribution in [0.5, 0.6) is 0 Å². The predicted molar refractivity (Wildman–Crippen MR) is 85.7 cm³/mol. The number of hydrogen-bond donors (Lipinski definition) is 1.